The van der Waals surface area contributed by atoms with Crippen LogP contribution in [0.4, 0.5) is 0 Å². The first kappa shape index (κ1) is 25.2. The van der Waals surface area contributed by atoms with Gasteiger partial charge in [0.25, 0.3) is 0 Å². The van der Waals surface area contributed by atoms with E-state index in [4.69, 9.17) is 14.2 Å². The van der Waals surface area contributed by atoms with Gasteiger partial charge < -0.3 is 24.0 Å². The number of hydrogen-bond acceptors (Lipinski definition) is 6. The quantitative estimate of drug-likeness (QED) is 0.597. The molecule has 4 heterocycles. The van der Waals surface area contributed by atoms with E-state index in [9.17, 15) is 9.59 Å². The molecule has 2 atom stereocenters. The molecule has 0 saturated carbocycles. The monoisotopic (exact) mass is 497 g/mol. The third-order valence-electron chi connectivity index (χ3n) is 8.07. The van der Waals surface area contributed by atoms with Crippen LogP contribution in [0.1, 0.15) is 31.2 Å². The number of carbonyl (C=O) groups excluding carboxylic acids is 2. The molecular formula is C28H39N3O5. The Bertz CT molecular complexity index is 926. The molecule has 0 unspecified atom stereocenters. The van der Waals surface area contributed by atoms with E-state index >= 15 is 0 Å². The van der Waals surface area contributed by atoms with Crippen LogP contribution >= 0.6 is 0 Å². The number of nitrogens with zero attached hydrogens (tertiary/aromatic N) is 3. The molecule has 2 bridgehead atoms. The molecule has 2 amide bonds. The summed E-state index contributed by atoms with van der Waals surface area (Å²) in [6.45, 7) is 6.97. The lowest BCUT2D eigenvalue weighted by molar-refractivity contribution is -0.138. The molecule has 1 aromatic rings. The predicted molar refractivity (Wildman–Crippen MR) is 136 cm³/mol. The fourth-order valence-corrected chi connectivity index (χ4v) is 5.90. The van der Waals surface area contributed by atoms with Crippen molar-refractivity contribution in [3.05, 3.63) is 42.0 Å². The first-order valence-electron chi connectivity index (χ1n) is 13.5. The number of rotatable bonds is 3. The van der Waals surface area contributed by atoms with Crippen LogP contribution in [-0.2, 0) is 25.6 Å². The third-order valence-corrected chi connectivity index (χ3v) is 8.07. The summed E-state index contributed by atoms with van der Waals surface area (Å²) in [5.74, 6) is 1.62. The molecule has 36 heavy (non-hydrogen) atoms. The molecule has 1 aromatic carbocycles. The highest BCUT2D eigenvalue weighted by atomic mass is 16.5. The maximum atomic E-state index is 13.6. The molecule has 0 N–H and O–H groups in total. The van der Waals surface area contributed by atoms with Crippen molar-refractivity contribution in [1.82, 2.24) is 14.7 Å². The summed E-state index contributed by atoms with van der Waals surface area (Å²) in [4.78, 5) is 32.8. The second-order valence-electron chi connectivity index (χ2n) is 10.3. The van der Waals surface area contributed by atoms with Crippen molar-refractivity contribution in [3.8, 4) is 5.75 Å². The number of fused-ring (bicyclic) bond motifs is 3. The standard InChI is InChI=1S/C28H39N3O5/c32-27(29-11-16-35-17-12-29)18-22-7-10-30-19-23(22)5-3-13-36-26-6-2-1-4-24(26)20-31(21-28(30)33)25-8-14-34-15-9-25/h1-6,22-23,25H,7-21H2/t22-,23-/m0/s1. The topological polar surface area (TPSA) is 71.6 Å². The van der Waals surface area contributed by atoms with Crippen LogP contribution in [0.3, 0.4) is 0 Å². The lowest BCUT2D eigenvalue weighted by Crippen LogP contribution is -2.50. The van der Waals surface area contributed by atoms with Crippen LogP contribution in [0.5, 0.6) is 5.75 Å². The SMILES string of the molecule is O=C(C[C@@H]1CCN2C[C@@H]1C=CCOc1ccccc1CN(C1CCOCC1)CC2=O)N1CCOCC1. The van der Waals surface area contributed by atoms with Gasteiger partial charge >= 0.3 is 0 Å². The Kier molecular flexibility index (Phi) is 8.56. The van der Waals surface area contributed by atoms with Crippen molar-refractivity contribution in [1.29, 1.82) is 0 Å². The van der Waals surface area contributed by atoms with Crippen LogP contribution in [-0.4, -0.2) is 98.3 Å². The van der Waals surface area contributed by atoms with Gasteiger partial charge in [-0.3, -0.25) is 14.5 Å². The lowest BCUT2D eigenvalue weighted by atomic mass is 9.82. The minimum atomic E-state index is 0.142. The number of para-hydroxylation sites is 1. The average Bonchev–Trinajstić information content (AvgIpc) is 2.93. The van der Waals surface area contributed by atoms with Gasteiger partial charge in [-0.05, 0) is 37.2 Å². The number of amides is 2. The Morgan fingerprint density at radius 2 is 1.72 bits per heavy atom. The lowest BCUT2D eigenvalue weighted by Gasteiger charge is -2.40. The summed E-state index contributed by atoms with van der Waals surface area (Å²) in [5, 5.41) is 0. The smallest absolute Gasteiger partial charge is 0.236 e. The van der Waals surface area contributed by atoms with Gasteiger partial charge in [0.1, 0.15) is 12.4 Å². The molecule has 196 valence electrons. The first-order chi connectivity index (χ1) is 17.7. The Hall–Kier alpha value is -2.42. The van der Waals surface area contributed by atoms with Crippen molar-refractivity contribution < 1.29 is 23.8 Å². The molecule has 0 aromatic heterocycles. The number of ether oxygens (including phenoxy) is 3. The minimum absolute atomic E-state index is 0.142. The van der Waals surface area contributed by atoms with Crippen molar-refractivity contribution in [2.45, 2.75) is 38.3 Å². The normalized spacial score (nSPS) is 26.8. The van der Waals surface area contributed by atoms with E-state index in [1.807, 2.05) is 28.0 Å². The highest BCUT2D eigenvalue weighted by Crippen LogP contribution is 2.30. The van der Waals surface area contributed by atoms with Gasteiger partial charge in [-0.25, -0.2) is 0 Å². The number of piperidine rings is 1. The highest BCUT2D eigenvalue weighted by Gasteiger charge is 2.34. The van der Waals surface area contributed by atoms with E-state index in [1.54, 1.807) is 0 Å². The molecule has 0 aliphatic carbocycles. The van der Waals surface area contributed by atoms with E-state index in [-0.39, 0.29) is 23.7 Å². The second kappa shape index (κ2) is 12.2. The zero-order valence-corrected chi connectivity index (χ0v) is 21.2. The second-order valence-corrected chi connectivity index (χ2v) is 10.3. The Morgan fingerprint density at radius 1 is 0.944 bits per heavy atom. The Labute approximate surface area is 214 Å². The summed E-state index contributed by atoms with van der Waals surface area (Å²) in [6.07, 6.45) is 7.48. The van der Waals surface area contributed by atoms with Crippen LogP contribution in [0.2, 0.25) is 0 Å². The van der Waals surface area contributed by atoms with Crippen molar-refractivity contribution in [2.75, 3.05) is 65.8 Å². The summed E-state index contributed by atoms with van der Waals surface area (Å²) in [5.41, 5.74) is 1.11. The Morgan fingerprint density at radius 3 is 2.56 bits per heavy atom. The molecule has 3 fully saturated rings. The van der Waals surface area contributed by atoms with Crippen molar-refractivity contribution >= 4 is 11.8 Å². The third kappa shape index (κ3) is 6.28. The highest BCUT2D eigenvalue weighted by molar-refractivity contribution is 5.79. The number of benzene rings is 1. The molecule has 4 aliphatic heterocycles. The predicted octanol–water partition coefficient (Wildman–Crippen LogP) is 2.33. The van der Waals surface area contributed by atoms with Crippen LogP contribution < -0.4 is 4.74 Å². The minimum Gasteiger partial charge on any atom is -0.489 e. The van der Waals surface area contributed by atoms with Gasteiger partial charge in [-0.2, -0.15) is 0 Å². The van der Waals surface area contributed by atoms with E-state index in [0.29, 0.717) is 71.6 Å². The molecule has 8 nitrogen and oxygen atoms in total. The molecule has 8 heteroatoms. The summed E-state index contributed by atoms with van der Waals surface area (Å²) >= 11 is 0. The van der Waals surface area contributed by atoms with Crippen molar-refractivity contribution in [3.63, 3.8) is 0 Å². The Balaban J connectivity index is 1.34. The number of carbonyl (C=O) groups is 2. The zero-order valence-electron chi connectivity index (χ0n) is 21.2. The molecule has 4 aliphatic rings. The molecule has 5 rings (SSSR count). The van der Waals surface area contributed by atoms with Gasteiger partial charge in [0.15, 0.2) is 0 Å². The zero-order chi connectivity index (χ0) is 24.7. The van der Waals surface area contributed by atoms with Gasteiger partial charge in [-0.1, -0.05) is 30.4 Å². The summed E-state index contributed by atoms with van der Waals surface area (Å²) in [7, 11) is 0. The maximum Gasteiger partial charge on any atom is 0.236 e. The summed E-state index contributed by atoms with van der Waals surface area (Å²) in [6, 6.07) is 8.46. The number of morpholine rings is 1. The average molecular weight is 498 g/mol. The fourth-order valence-electron chi connectivity index (χ4n) is 5.90. The van der Waals surface area contributed by atoms with Gasteiger partial charge in [0, 0.05) is 64.0 Å². The first-order valence-corrected chi connectivity index (χ1v) is 13.5. The molecule has 0 spiro atoms. The van der Waals surface area contributed by atoms with Crippen LogP contribution in [0.25, 0.3) is 0 Å². The van der Waals surface area contributed by atoms with Gasteiger partial charge in [0.05, 0.1) is 19.8 Å². The number of hydrogen-bond donors (Lipinski definition) is 0. The van der Waals surface area contributed by atoms with Crippen LogP contribution in [0.15, 0.2) is 36.4 Å². The van der Waals surface area contributed by atoms with Crippen molar-refractivity contribution in [2.24, 2.45) is 11.8 Å². The maximum absolute atomic E-state index is 13.6. The van der Waals surface area contributed by atoms with Gasteiger partial charge in [0.2, 0.25) is 11.8 Å². The van der Waals surface area contributed by atoms with E-state index in [2.05, 4.69) is 23.1 Å². The molecule has 0 radical (unpaired) electrons. The molecule has 3 saturated heterocycles. The van der Waals surface area contributed by atoms with Gasteiger partial charge in [-0.15, -0.1) is 0 Å². The van der Waals surface area contributed by atoms with E-state index in [0.717, 1.165) is 43.8 Å². The summed E-state index contributed by atoms with van der Waals surface area (Å²) < 4.78 is 17.2. The van der Waals surface area contributed by atoms with Crippen LogP contribution in [0, 0.1) is 11.8 Å². The fraction of sp³-hybridized carbons (Fsp3) is 0.643. The van der Waals surface area contributed by atoms with E-state index in [1.165, 1.54) is 0 Å². The van der Waals surface area contributed by atoms with E-state index < -0.39 is 0 Å². The largest absolute Gasteiger partial charge is 0.489 e. The molecular weight excluding hydrogens is 458 g/mol.